The fraction of sp³-hybridized carbons (Fsp3) is 0.391. The van der Waals surface area contributed by atoms with Gasteiger partial charge in [0.15, 0.2) is 0 Å². The van der Waals surface area contributed by atoms with Crippen molar-refractivity contribution >= 4 is 11.6 Å². The van der Waals surface area contributed by atoms with Crippen LogP contribution in [-0.4, -0.2) is 48.7 Å². The monoisotopic (exact) mass is 447 g/mol. The number of anilines is 1. The molecule has 5 nitrogen and oxygen atoms in total. The van der Waals surface area contributed by atoms with E-state index in [2.05, 4.69) is 0 Å². The number of aliphatic hydroxyl groups excluding tert-OH is 1. The third kappa shape index (κ3) is 3.79. The van der Waals surface area contributed by atoms with Gasteiger partial charge in [-0.05, 0) is 42.7 Å². The van der Waals surface area contributed by atoms with Crippen molar-refractivity contribution in [2.75, 3.05) is 37.7 Å². The molecule has 1 amide bonds. The first-order chi connectivity index (χ1) is 15.2. The van der Waals surface area contributed by atoms with E-state index < -0.39 is 34.4 Å². The number of carbonyl (C=O) groups excluding carboxylic acids is 1. The molecule has 32 heavy (non-hydrogen) atoms. The molecular weight excluding hydrogens is 426 g/mol. The van der Waals surface area contributed by atoms with Crippen LogP contribution in [0.3, 0.4) is 0 Å². The van der Waals surface area contributed by atoms with Crippen LogP contribution in [0, 0.1) is 28.5 Å². The minimum absolute atomic E-state index is 0.0397. The number of nitrogens with zero attached hydrogens (tertiary/aromatic N) is 3. The van der Waals surface area contributed by atoms with E-state index in [-0.39, 0.29) is 31.2 Å². The first-order valence-electron chi connectivity index (χ1n) is 10.2. The minimum Gasteiger partial charge on any atom is -0.396 e. The Morgan fingerprint density at radius 1 is 1.22 bits per heavy atom. The molecule has 2 saturated heterocycles. The summed E-state index contributed by atoms with van der Waals surface area (Å²) in [5, 5.41) is 19.3. The molecule has 2 fully saturated rings. The summed E-state index contributed by atoms with van der Waals surface area (Å²) in [4.78, 5) is 16.1. The maximum Gasteiger partial charge on any atom is 0.417 e. The number of carbonyl (C=O) groups is 1. The second kappa shape index (κ2) is 8.10. The van der Waals surface area contributed by atoms with Crippen molar-refractivity contribution in [1.29, 1.82) is 5.26 Å². The summed E-state index contributed by atoms with van der Waals surface area (Å²) >= 11 is 0. The molecule has 2 aliphatic heterocycles. The average Bonchev–Trinajstić information content (AvgIpc) is 3.17. The lowest BCUT2D eigenvalue weighted by Gasteiger charge is -2.43. The van der Waals surface area contributed by atoms with E-state index in [1.807, 2.05) is 0 Å². The number of piperidine rings is 1. The van der Waals surface area contributed by atoms with E-state index in [0.717, 1.165) is 12.1 Å². The highest BCUT2D eigenvalue weighted by Crippen LogP contribution is 2.44. The van der Waals surface area contributed by atoms with Gasteiger partial charge in [-0.2, -0.15) is 18.4 Å². The molecule has 0 bridgehead atoms. The van der Waals surface area contributed by atoms with Crippen LogP contribution >= 0.6 is 0 Å². The standard InChI is InChI=1S/C23H21F4N3O2/c24-20-4-2-1-3-18(20)21(32)29-8-7-16-11-30(13-22(16,12-29)14-31)17-6-5-15(10-28)19(9-17)23(25,26)27/h1-6,9,16,31H,7-8,11-14H2/t16-,22+/m0/s1. The predicted octanol–water partition coefficient (Wildman–Crippen LogP) is 3.68. The van der Waals surface area contributed by atoms with Crippen LogP contribution in [0.2, 0.25) is 0 Å². The Morgan fingerprint density at radius 2 is 1.97 bits per heavy atom. The Labute approximate surface area is 182 Å². The zero-order valence-electron chi connectivity index (χ0n) is 17.1. The van der Waals surface area contributed by atoms with Crippen LogP contribution < -0.4 is 4.90 Å². The van der Waals surface area contributed by atoms with E-state index in [0.29, 0.717) is 25.2 Å². The molecule has 2 aliphatic rings. The highest BCUT2D eigenvalue weighted by Gasteiger charge is 2.50. The number of hydrogen-bond acceptors (Lipinski definition) is 4. The molecule has 2 aromatic rings. The highest BCUT2D eigenvalue weighted by atomic mass is 19.4. The number of likely N-dealkylation sites (tertiary alicyclic amines) is 1. The second-order valence-corrected chi connectivity index (χ2v) is 8.43. The lowest BCUT2D eigenvalue weighted by atomic mass is 9.74. The van der Waals surface area contributed by atoms with Crippen molar-refractivity contribution in [2.45, 2.75) is 12.6 Å². The third-order valence-corrected chi connectivity index (χ3v) is 6.57. The molecule has 9 heteroatoms. The number of hydrogen-bond donors (Lipinski definition) is 1. The van der Waals surface area contributed by atoms with Gasteiger partial charge in [-0.1, -0.05) is 12.1 Å². The molecule has 2 heterocycles. The summed E-state index contributed by atoms with van der Waals surface area (Å²) in [6, 6.07) is 10.8. The predicted molar refractivity (Wildman–Crippen MR) is 108 cm³/mol. The smallest absolute Gasteiger partial charge is 0.396 e. The number of fused-ring (bicyclic) bond motifs is 1. The largest absolute Gasteiger partial charge is 0.417 e. The van der Waals surface area contributed by atoms with Gasteiger partial charge in [0.1, 0.15) is 5.82 Å². The Hall–Kier alpha value is -3.12. The van der Waals surface area contributed by atoms with Crippen LogP contribution in [0.4, 0.5) is 23.2 Å². The Bertz CT molecular complexity index is 1080. The highest BCUT2D eigenvalue weighted by molar-refractivity contribution is 5.94. The molecular formula is C23H21F4N3O2. The maximum atomic E-state index is 14.1. The maximum absolute atomic E-state index is 14.1. The number of benzene rings is 2. The zero-order chi connectivity index (χ0) is 23.1. The molecule has 0 unspecified atom stereocenters. The molecule has 2 atom stereocenters. The van der Waals surface area contributed by atoms with Crippen molar-refractivity contribution in [3.05, 3.63) is 65.0 Å². The zero-order valence-corrected chi connectivity index (χ0v) is 17.1. The fourth-order valence-corrected chi connectivity index (χ4v) is 4.85. The van der Waals surface area contributed by atoms with E-state index in [4.69, 9.17) is 5.26 Å². The molecule has 1 N–H and O–H groups in total. The number of nitriles is 1. The Morgan fingerprint density at radius 3 is 2.62 bits per heavy atom. The summed E-state index contributed by atoms with van der Waals surface area (Å²) in [7, 11) is 0. The van der Waals surface area contributed by atoms with Crippen molar-refractivity contribution in [1.82, 2.24) is 4.90 Å². The first-order valence-corrected chi connectivity index (χ1v) is 10.2. The summed E-state index contributed by atoms with van der Waals surface area (Å²) < 4.78 is 54.3. The summed E-state index contributed by atoms with van der Waals surface area (Å²) in [6.07, 6.45) is -4.12. The number of alkyl halides is 3. The summed E-state index contributed by atoms with van der Waals surface area (Å²) in [5.74, 6) is -1.13. The molecule has 0 aliphatic carbocycles. The molecule has 0 saturated carbocycles. The number of halogens is 4. The Kier molecular flexibility index (Phi) is 5.59. The topological polar surface area (TPSA) is 67.6 Å². The first kappa shape index (κ1) is 22.1. The number of amides is 1. The van der Waals surface area contributed by atoms with Crippen molar-refractivity contribution in [3.63, 3.8) is 0 Å². The van der Waals surface area contributed by atoms with E-state index in [1.165, 1.54) is 29.2 Å². The van der Waals surface area contributed by atoms with Crippen molar-refractivity contribution in [3.8, 4) is 6.07 Å². The van der Waals surface area contributed by atoms with E-state index in [1.54, 1.807) is 17.0 Å². The quantitative estimate of drug-likeness (QED) is 0.729. The van der Waals surface area contributed by atoms with E-state index in [9.17, 15) is 27.5 Å². The number of aliphatic hydroxyl groups is 1. The van der Waals surface area contributed by atoms with Crippen LogP contribution in [0.25, 0.3) is 0 Å². The Balaban J connectivity index is 1.59. The van der Waals surface area contributed by atoms with E-state index >= 15 is 0 Å². The van der Waals surface area contributed by atoms with Gasteiger partial charge in [0.25, 0.3) is 5.91 Å². The van der Waals surface area contributed by atoms with Crippen LogP contribution in [0.5, 0.6) is 0 Å². The van der Waals surface area contributed by atoms with Gasteiger partial charge in [-0.3, -0.25) is 4.79 Å². The van der Waals surface area contributed by atoms with Crippen molar-refractivity contribution < 1.29 is 27.5 Å². The lowest BCUT2D eigenvalue weighted by Crippen LogP contribution is -2.52. The summed E-state index contributed by atoms with van der Waals surface area (Å²) in [6.45, 7) is 0.969. The van der Waals surface area contributed by atoms with Crippen LogP contribution in [0.1, 0.15) is 27.9 Å². The summed E-state index contributed by atoms with van der Waals surface area (Å²) in [5.41, 5.74) is -1.91. The van der Waals surface area contributed by atoms with Crippen LogP contribution in [0.15, 0.2) is 42.5 Å². The normalized spacial score (nSPS) is 23.1. The SMILES string of the molecule is N#Cc1ccc(N2C[C@@H]3CCN(C(=O)c4ccccc4F)C[C@]3(CO)C2)cc1C(F)(F)F. The minimum atomic E-state index is -4.66. The van der Waals surface area contributed by atoms with Gasteiger partial charge in [0.05, 0.1) is 29.4 Å². The van der Waals surface area contributed by atoms with Gasteiger partial charge in [-0.15, -0.1) is 0 Å². The molecule has 4 rings (SSSR count). The molecule has 0 radical (unpaired) electrons. The van der Waals surface area contributed by atoms with Gasteiger partial charge in [-0.25, -0.2) is 4.39 Å². The second-order valence-electron chi connectivity index (χ2n) is 8.43. The van der Waals surface area contributed by atoms with Gasteiger partial charge in [0, 0.05) is 37.3 Å². The average molecular weight is 447 g/mol. The molecule has 168 valence electrons. The van der Waals surface area contributed by atoms with Crippen LogP contribution in [-0.2, 0) is 6.18 Å². The molecule has 2 aromatic carbocycles. The molecule has 0 aromatic heterocycles. The molecule has 0 spiro atoms. The van der Waals surface area contributed by atoms with Gasteiger partial charge in [0.2, 0.25) is 0 Å². The lowest BCUT2D eigenvalue weighted by molar-refractivity contribution is -0.137. The third-order valence-electron chi connectivity index (χ3n) is 6.57. The van der Waals surface area contributed by atoms with Crippen molar-refractivity contribution in [2.24, 2.45) is 11.3 Å². The fourth-order valence-electron chi connectivity index (χ4n) is 4.85. The van der Waals surface area contributed by atoms with Gasteiger partial charge >= 0.3 is 6.18 Å². The van der Waals surface area contributed by atoms with Gasteiger partial charge < -0.3 is 14.9 Å². The number of rotatable bonds is 3.